The Hall–Kier alpha value is 1.22. The number of nitrogens with zero attached hydrogens (tertiary/aromatic N) is 2. The van der Waals surface area contributed by atoms with Crippen molar-refractivity contribution < 1.29 is 22.4 Å². The van der Waals surface area contributed by atoms with Crippen LogP contribution in [0.25, 0.3) is 0 Å². The predicted molar refractivity (Wildman–Crippen MR) is 67.8 cm³/mol. The minimum atomic E-state index is 0. The minimum Gasteiger partial charge on any atom is -0.363 e. The largest absolute Gasteiger partial charge is 0.363 e. The third-order valence-corrected chi connectivity index (χ3v) is 5.07. The van der Waals surface area contributed by atoms with Crippen molar-refractivity contribution in [3.63, 3.8) is 0 Å². The van der Waals surface area contributed by atoms with Gasteiger partial charge in [0.25, 0.3) is 0 Å². The number of hydrogen-bond donors (Lipinski definition) is 0. The van der Waals surface area contributed by atoms with Crippen LogP contribution in [0.3, 0.4) is 0 Å². The first-order valence-electron chi connectivity index (χ1n) is 3.22. The Morgan fingerprint density at radius 2 is 1.08 bits per heavy atom. The third-order valence-electron chi connectivity index (χ3n) is 0.915. The van der Waals surface area contributed by atoms with Gasteiger partial charge in [-0.25, -0.2) is 0 Å². The quantitative estimate of drug-likeness (QED) is 0.323. The van der Waals surface area contributed by atoms with Crippen molar-refractivity contribution in [3.8, 4) is 0 Å². The first kappa shape index (κ1) is 16.6. The van der Waals surface area contributed by atoms with Crippen LogP contribution < -0.4 is 0 Å². The molecule has 0 aliphatic rings. The molecule has 0 amide bonds. The Kier molecular flexibility index (Phi) is 10.9. The number of thiocarbonyl (C=S) groups is 2. The molecular weight excluding hydrogens is 425 g/mol. The molecule has 0 unspecified atom stereocenters. The Morgan fingerprint density at radius 3 is 1.23 bits per heavy atom. The Balaban J connectivity index is 0. The molecular formula is C6H12AuN2S4. The zero-order chi connectivity index (χ0) is 9.72. The van der Waals surface area contributed by atoms with Crippen molar-refractivity contribution in [1.29, 1.82) is 0 Å². The number of rotatable bonds is 0. The fourth-order valence-electron chi connectivity index (χ4n) is 0.220. The molecule has 2 nitrogen and oxygen atoms in total. The molecule has 0 heterocycles. The summed E-state index contributed by atoms with van der Waals surface area (Å²) in [6.45, 7) is 0. The molecule has 7 heteroatoms. The van der Waals surface area contributed by atoms with Crippen molar-refractivity contribution in [2.75, 3.05) is 28.2 Å². The van der Waals surface area contributed by atoms with E-state index in [1.165, 1.54) is 21.6 Å². The second-order valence-corrected chi connectivity index (χ2v) is 5.88. The normalized spacial score (nSPS) is 8.62. The fourth-order valence-corrected chi connectivity index (χ4v) is 2.60. The molecule has 0 aromatic carbocycles. The summed E-state index contributed by atoms with van der Waals surface area (Å²) in [4.78, 5) is 3.79. The van der Waals surface area contributed by atoms with E-state index in [1.54, 1.807) is 0 Å². The average Bonchev–Trinajstić information content (AvgIpc) is 1.98. The van der Waals surface area contributed by atoms with Crippen molar-refractivity contribution >= 4 is 54.7 Å². The van der Waals surface area contributed by atoms with Crippen molar-refractivity contribution in [3.05, 3.63) is 0 Å². The van der Waals surface area contributed by atoms with E-state index in [9.17, 15) is 0 Å². The van der Waals surface area contributed by atoms with Crippen LogP contribution in [0.5, 0.6) is 0 Å². The van der Waals surface area contributed by atoms with Crippen LogP contribution in [0.15, 0.2) is 0 Å². The SMILES string of the molecule is CN(C)C(=S)SSC(=S)N(C)C.[Au]. The van der Waals surface area contributed by atoms with Crippen molar-refractivity contribution in [1.82, 2.24) is 9.80 Å². The molecule has 81 valence electrons. The maximum Gasteiger partial charge on any atom is 0.146 e. The Morgan fingerprint density at radius 1 is 0.846 bits per heavy atom. The van der Waals surface area contributed by atoms with Gasteiger partial charge in [-0.05, 0) is 21.6 Å². The monoisotopic (exact) mass is 437 g/mol. The van der Waals surface area contributed by atoms with E-state index in [0.717, 1.165) is 8.64 Å². The van der Waals surface area contributed by atoms with Gasteiger partial charge in [0.2, 0.25) is 0 Å². The van der Waals surface area contributed by atoms with Gasteiger partial charge < -0.3 is 9.80 Å². The van der Waals surface area contributed by atoms with Crippen LogP contribution >= 0.6 is 46.0 Å². The van der Waals surface area contributed by atoms with Crippen LogP contribution in [-0.2, 0) is 22.4 Å². The van der Waals surface area contributed by atoms with E-state index in [1.807, 2.05) is 38.0 Å². The van der Waals surface area contributed by atoms with E-state index in [4.69, 9.17) is 24.4 Å². The van der Waals surface area contributed by atoms with Crippen LogP contribution in [0, 0.1) is 0 Å². The van der Waals surface area contributed by atoms with Crippen molar-refractivity contribution in [2.24, 2.45) is 0 Å². The van der Waals surface area contributed by atoms with E-state index >= 15 is 0 Å². The first-order chi connectivity index (χ1) is 5.45. The second-order valence-electron chi connectivity index (χ2n) is 2.49. The molecule has 0 N–H and O–H groups in total. The van der Waals surface area contributed by atoms with Gasteiger partial charge in [0.15, 0.2) is 0 Å². The molecule has 0 saturated heterocycles. The van der Waals surface area contributed by atoms with E-state index in [-0.39, 0.29) is 22.4 Å². The smallest absolute Gasteiger partial charge is 0.146 e. The van der Waals surface area contributed by atoms with Gasteiger partial charge in [0.05, 0.1) is 0 Å². The summed E-state index contributed by atoms with van der Waals surface area (Å²) in [5, 5.41) is 0. The Labute approximate surface area is 114 Å². The van der Waals surface area contributed by atoms with E-state index < -0.39 is 0 Å². The van der Waals surface area contributed by atoms with Gasteiger partial charge in [0, 0.05) is 50.6 Å². The second kappa shape index (κ2) is 8.52. The summed E-state index contributed by atoms with van der Waals surface area (Å²) < 4.78 is 1.67. The zero-order valence-electron chi connectivity index (χ0n) is 7.83. The van der Waals surface area contributed by atoms with Gasteiger partial charge in [-0.15, -0.1) is 0 Å². The summed E-state index contributed by atoms with van der Waals surface area (Å²) in [7, 11) is 10.7. The summed E-state index contributed by atoms with van der Waals surface area (Å²) in [5.41, 5.74) is 0. The fraction of sp³-hybridized carbons (Fsp3) is 0.667. The van der Waals surface area contributed by atoms with Gasteiger partial charge >= 0.3 is 0 Å². The summed E-state index contributed by atoms with van der Waals surface area (Å²) in [6, 6.07) is 0. The van der Waals surface area contributed by atoms with Gasteiger partial charge in [-0.1, -0.05) is 24.4 Å². The summed E-state index contributed by atoms with van der Waals surface area (Å²) in [6.07, 6.45) is 0. The maximum atomic E-state index is 5.07. The standard InChI is InChI=1S/C6H12N2S4.Au/c1-7(2)5(9)11-12-6(10)8(3)4;/h1-4H3;. The molecule has 0 saturated carbocycles. The molecule has 0 spiro atoms. The third kappa shape index (κ3) is 8.23. The molecule has 0 aliphatic carbocycles. The van der Waals surface area contributed by atoms with Gasteiger partial charge in [-0.2, -0.15) is 0 Å². The average molecular weight is 437 g/mol. The summed E-state index contributed by atoms with van der Waals surface area (Å²) >= 11 is 10.1. The molecule has 13 heavy (non-hydrogen) atoms. The molecule has 0 aromatic rings. The van der Waals surface area contributed by atoms with Crippen LogP contribution in [0.1, 0.15) is 0 Å². The molecule has 0 bridgehead atoms. The maximum absolute atomic E-state index is 5.07. The first-order valence-corrected chi connectivity index (χ1v) is 6.19. The Bertz CT molecular complexity index is 163. The van der Waals surface area contributed by atoms with Crippen molar-refractivity contribution in [2.45, 2.75) is 0 Å². The van der Waals surface area contributed by atoms with E-state index in [2.05, 4.69) is 0 Å². The van der Waals surface area contributed by atoms with E-state index in [0.29, 0.717) is 0 Å². The minimum absolute atomic E-state index is 0. The molecule has 0 rings (SSSR count). The molecule has 1 radical (unpaired) electrons. The molecule has 0 atom stereocenters. The topological polar surface area (TPSA) is 6.48 Å². The van der Waals surface area contributed by atoms with Gasteiger partial charge in [-0.3, -0.25) is 0 Å². The molecule has 0 fully saturated rings. The summed E-state index contributed by atoms with van der Waals surface area (Å²) in [5.74, 6) is 0. The number of hydrogen-bond acceptors (Lipinski definition) is 4. The zero-order valence-corrected chi connectivity index (χ0v) is 13.3. The predicted octanol–water partition coefficient (Wildman–Crippen LogP) is 2.06. The van der Waals surface area contributed by atoms with Crippen LogP contribution in [0.4, 0.5) is 0 Å². The van der Waals surface area contributed by atoms with Crippen LogP contribution in [-0.4, -0.2) is 46.6 Å². The van der Waals surface area contributed by atoms with Crippen LogP contribution in [0.2, 0.25) is 0 Å². The molecule has 0 aliphatic heterocycles. The van der Waals surface area contributed by atoms with Gasteiger partial charge in [0.1, 0.15) is 8.64 Å². The molecule has 0 aromatic heterocycles.